The number of amides is 1. The van der Waals surface area contributed by atoms with Crippen LogP contribution in [0.2, 0.25) is 0 Å². The number of benzene rings is 2. The molecule has 27 heavy (non-hydrogen) atoms. The first-order valence-corrected chi connectivity index (χ1v) is 9.47. The minimum Gasteiger partial charge on any atom is -0.489 e. The first-order valence-electron chi connectivity index (χ1n) is 9.47. The summed E-state index contributed by atoms with van der Waals surface area (Å²) in [4.78, 5) is 24.9. The molecule has 5 nitrogen and oxygen atoms in total. The maximum absolute atomic E-state index is 12.8. The van der Waals surface area contributed by atoms with E-state index in [-0.39, 0.29) is 41.7 Å². The molecule has 138 valence electrons. The molecule has 2 aromatic carbocycles. The molecule has 5 rings (SSSR count). The summed E-state index contributed by atoms with van der Waals surface area (Å²) >= 11 is 0. The number of carbonyl (C=O) groups is 2. The summed E-state index contributed by atoms with van der Waals surface area (Å²) in [7, 11) is 0. The van der Waals surface area contributed by atoms with Gasteiger partial charge in [-0.3, -0.25) is 9.59 Å². The molecule has 1 saturated heterocycles. The molecule has 3 aliphatic rings. The van der Waals surface area contributed by atoms with Crippen LogP contribution in [0.25, 0.3) is 0 Å². The largest absolute Gasteiger partial charge is 0.489 e. The quantitative estimate of drug-likeness (QED) is 0.827. The standard InChI is InChI=1S/C22H21NO4/c24-21(19-14-10-17-18(11-14)27-22(25)20(17)19)23-15-6-8-16(9-7-15)26-12-13-4-2-1-3-5-13/h1-9,14,17-20H,10-12H2,(H,23,24). The third kappa shape index (κ3) is 2.87. The summed E-state index contributed by atoms with van der Waals surface area (Å²) in [5, 5.41) is 2.97. The molecule has 1 amide bonds. The van der Waals surface area contributed by atoms with Gasteiger partial charge in [-0.2, -0.15) is 0 Å². The normalized spacial score (nSPS) is 30.2. The zero-order valence-electron chi connectivity index (χ0n) is 14.8. The molecule has 5 unspecified atom stereocenters. The van der Waals surface area contributed by atoms with Crippen LogP contribution in [0.3, 0.4) is 0 Å². The van der Waals surface area contributed by atoms with Crippen LogP contribution in [0.4, 0.5) is 5.69 Å². The molecule has 1 N–H and O–H groups in total. The second kappa shape index (κ2) is 6.41. The van der Waals surface area contributed by atoms with E-state index in [2.05, 4.69) is 5.32 Å². The molecule has 2 aliphatic carbocycles. The van der Waals surface area contributed by atoms with E-state index in [0.717, 1.165) is 29.8 Å². The molecule has 0 spiro atoms. The van der Waals surface area contributed by atoms with Gasteiger partial charge in [0.25, 0.3) is 0 Å². The lowest BCUT2D eigenvalue weighted by Crippen LogP contribution is -2.35. The van der Waals surface area contributed by atoms with Crippen LogP contribution < -0.4 is 10.1 Å². The Morgan fingerprint density at radius 1 is 1.07 bits per heavy atom. The predicted octanol–water partition coefficient (Wildman–Crippen LogP) is 3.40. The van der Waals surface area contributed by atoms with E-state index in [1.54, 1.807) is 0 Å². The first-order chi connectivity index (χ1) is 13.2. The average Bonchev–Trinajstić information content (AvgIpc) is 3.31. The maximum atomic E-state index is 12.8. The molecule has 3 fully saturated rings. The molecule has 2 bridgehead atoms. The van der Waals surface area contributed by atoms with Gasteiger partial charge in [-0.25, -0.2) is 0 Å². The minimum absolute atomic E-state index is 0.0533. The molecule has 1 aliphatic heterocycles. The van der Waals surface area contributed by atoms with E-state index in [9.17, 15) is 9.59 Å². The highest BCUT2D eigenvalue weighted by atomic mass is 16.6. The number of rotatable bonds is 5. The third-order valence-electron chi connectivity index (χ3n) is 6.16. The van der Waals surface area contributed by atoms with Crippen LogP contribution >= 0.6 is 0 Å². The Morgan fingerprint density at radius 2 is 1.85 bits per heavy atom. The minimum atomic E-state index is -0.254. The number of fused-ring (bicyclic) bond motifs is 1. The lowest BCUT2D eigenvalue weighted by Gasteiger charge is -2.23. The number of carbonyl (C=O) groups excluding carboxylic acids is 2. The Morgan fingerprint density at radius 3 is 2.63 bits per heavy atom. The number of esters is 1. The van der Waals surface area contributed by atoms with Gasteiger partial charge in [0.2, 0.25) is 5.91 Å². The molecule has 0 aromatic heterocycles. The topological polar surface area (TPSA) is 64.6 Å². The fourth-order valence-corrected chi connectivity index (χ4v) is 4.96. The van der Waals surface area contributed by atoms with E-state index in [1.165, 1.54) is 0 Å². The van der Waals surface area contributed by atoms with Crippen LogP contribution in [0.15, 0.2) is 54.6 Å². The average molecular weight is 363 g/mol. The van der Waals surface area contributed by atoms with Gasteiger partial charge in [0, 0.05) is 11.6 Å². The molecule has 5 heteroatoms. The Balaban J connectivity index is 1.21. The number of hydrogen-bond donors (Lipinski definition) is 1. The van der Waals surface area contributed by atoms with Crippen LogP contribution in [0, 0.1) is 23.7 Å². The second-order valence-electron chi connectivity index (χ2n) is 7.71. The maximum Gasteiger partial charge on any atom is 0.310 e. The van der Waals surface area contributed by atoms with Gasteiger partial charge < -0.3 is 14.8 Å². The summed E-state index contributed by atoms with van der Waals surface area (Å²) in [5.41, 5.74) is 1.82. The lowest BCUT2D eigenvalue weighted by molar-refractivity contribution is -0.145. The summed E-state index contributed by atoms with van der Waals surface area (Å²) < 4.78 is 11.2. The monoisotopic (exact) mass is 363 g/mol. The van der Waals surface area contributed by atoms with Crippen molar-refractivity contribution in [3.8, 4) is 5.75 Å². The summed E-state index contributed by atoms with van der Waals surface area (Å²) in [5.74, 6) is 0.506. The first kappa shape index (κ1) is 16.4. The van der Waals surface area contributed by atoms with Crippen molar-refractivity contribution < 1.29 is 19.1 Å². The molecular formula is C22H21NO4. The summed E-state index contributed by atoms with van der Waals surface area (Å²) in [6.07, 6.45) is 1.82. The fraction of sp³-hybridized carbons (Fsp3) is 0.364. The van der Waals surface area contributed by atoms with E-state index < -0.39 is 0 Å². The van der Waals surface area contributed by atoms with Crippen molar-refractivity contribution in [2.45, 2.75) is 25.6 Å². The number of anilines is 1. The van der Waals surface area contributed by atoms with Gasteiger partial charge in [0.05, 0.1) is 11.8 Å². The second-order valence-corrected chi connectivity index (χ2v) is 7.71. The SMILES string of the molecule is O=C(Nc1ccc(OCc2ccccc2)cc1)C1C2CC3OC(=O)C1C3C2. The highest BCUT2D eigenvalue weighted by molar-refractivity contribution is 5.97. The van der Waals surface area contributed by atoms with Gasteiger partial charge in [-0.05, 0) is 48.6 Å². The zero-order valence-corrected chi connectivity index (χ0v) is 14.8. The Kier molecular flexibility index (Phi) is 3.88. The van der Waals surface area contributed by atoms with Crippen molar-refractivity contribution >= 4 is 17.6 Å². The van der Waals surface area contributed by atoms with Crippen LogP contribution in [0.5, 0.6) is 5.75 Å². The molecule has 5 atom stereocenters. The lowest BCUT2D eigenvalue weighted by atomic mass is 9.79. The third-order valence-corrected chi connectivity index (χ3v) is 6.16. The van der Waals surface area contributed by atoms with E-state index >= 15 is 0 Å². The van der Waals surface area contributed by atoms with Crippen molar-refractivity contribution in [3.05, 3.63) is 60.2 Å². The predicted molar refractivity (Wildman–Crippen MR) is 98.9 cm³/mol. The van der Waals surface area contributed by atoms with Crippen LogP contribution in [-0.2, 0) is 20.9 Å². The summed E-state index contributed by atoms with van der Waals surface area (Å²) in [6.45, 7) is 0.503. The molecule has 2 saturated carbocycles. The van der Waals surface area contributed by atoms with Crippen molar-refractivity contribution in [2.75, 3.05) is 5.32 Å². The smallest absolute Gasteiger partial charge is 0.310 e. The molecule has 1 heterocycles. The van der Waals surface area contributed by atoms with E-state index in [4.69, 9.17) is 9.47 Å². The molecular weight excluding hydrogens is 342 g/mol. The zero-order chi connectivity index (χ0) is 18.4. The molecule has 2 aromatic rings. The van der Waals surface area contributed by atoms with Gasteiger partial charge in [-0.1, -0.05) is 30.3 Å². The van der Waals surface area contributed by atoms with E-state index in [0.29, 0.717) is 6.61 Å². The number of nitrogens with one attached hydrogen (secondary N) is 1. The Labute approximate surface area is 157 Å². The van der Waals surface area contributed by atoms with Crippen molar-refractivity contribution in [1.29, 1.82) is 0 Å². The van der Waals surface area contributed by atoms with Crippen molar-refractivity contribution in [3.63, 3.8) is 0 Å². The fourth-order valence-electron chi connectivity index (χ4n) is 4.96. The van der Waals surface area contributed by atoms with Crippen molar-refractivity contribution in [2.24, 2.45) is 23.7 Å². The van der Waals surface area contributed by atoms with Crippen molar-refractivity contribution in [1.82, 2.24) is 0 Å². The summed E-state index contributed by atoms with van der Waals surface area (Å²) in [6, 6.07) is 17.3. The van der Waals surface area contributed by atoms with Crippen LogP contribution in [0.1, 0.15) is 18.4 Å². The number of hydrogen-bond acceptors (Lipinski definition) is 4. The Bertz CT molecular complexity index is 862. The van der Waals surface area contributed by atoms with Crippen LogP contribution in [-0.4, -0.2) is 18.0 Å². The molecule has 0 radical (unpaired) electrons. The van der Waals surface area contributed by atoms with Gasteiger partial charge in [0.1, 0.15) is 18.5 Å². The van der Waals surface area contributed by atoms with E-state index in [1.807, 2.05) is 54.6 Å². The van der Waals surface area contributed by atoms with Gasteiger partial charge in [-0.15, -0.1) is 0 Å². The highest BCUT2D eigenvalue weighted by Gasteiger charge is 2.63. The Hall–Kier alpha value is -2.82. The van der Waals surface area contributed by atoms with Gasteiger partial charge >= 0.3 is 5.97 Å². The van der Waals surface area contributed by atoms with Gasteiger partial charge in [0.15, 0.2) is 0 Å². The number of ether oxygens (including phenoxy) is 2. The highest BCUT2D eigenvalue weighted by Crippen LogP contribution is 2.57.